The van der Waals surface area contributed by atoms with Gasteiger partial charge in [0.25, 0.3) is 0 Å². The van der Waals surface area contributed by atoms with E-state index in [2.05, 4.69) is 4.98 Å². The van der Waals surface area contributed by atoms with E-state index in [9.17, 15) is 4.79 Å². The highest BCUT2D eigenvalue weighted by Crippen LogP contribution is 2.14. The minimum atomic E-state index is -0.773. The Morgan fingerprint density at radius 2 is 2.05 bits per heavy atom. The number of Topliss-reactive ketones (excluding diaryl/α,β-unsaturated/α-hetero) is 1. The van der Waals surface area contributed by atoms with Gasteiger partial charge in [-0.15, -0.1) is 0 Å². The second kappa shape index (κ2) is 6.41. The van der Waals surface area contributed by atoms with Crippen LogP contribution in [0.1, 0.15) is 18.0 Å². The monoisotopic (exact) mass is 252 g/mol. The van der Waals surface area contributed by atoms with Gasteiger partial charge in [0.1, 0.15) is 5.92 Å². The number of nitriles is 1. The molecule has 0 aliphatic carbocycles. The lowest BCUT2D eigenvalue weighted by atomic mass is 9.99. The Morgan fingerprint density at radius 1 is 1.26 bits per heavy atom. The summed E-state index contributed by atoms with van der Waals surface area (Å²) in [7, 11) is 0. The summed E-state index contributed by atoms with van der Waals surface area (Å²) in [6.07, 6.45) is 5.72. The third-order valence-electron chi connectivity index (χ3n) is 2.83. The predicted octanol–water partition coefficient (Wildman–Crippen LogP) is 1.64. The third-order valence-corrected chi connectivity index (χ3v) is 2.83. The molecule has 2 aromatic heterocycles. The molecule has 0 N–H and O–H groups in total. The topological polar surface area (TPSA) is 57.6 Å². The van der Waals surface area contributed by atoms with Crippen LogP contribution in [-0.4, -0.2) is 10.8 Å². The van der Waals surface area contributed by atoms with Crippen LogP contribution in [0.15, 0.2) is 55.0 Å². The second-order valence-corrected chi connectivity index (χ2v) is 4.15. The smallest absolute Gasteiger partial charge is 0.168 e. The molecule has 0 saturated heterocycles. The Kier molecular flexibility index (Phi) is 4.35. The van der Waals surface area contributed by atoms with Gasteiger partial charge in [0, 0.05) is 18.3 Å². The van der Waals surface area contributed by atoms with Gasteiger partial charge in [-0.25, -0.2) is 4.57 Å². The summed E-state index contributed by atoms with van der Waals surface area (Å²) in [5, 5.41) is 9.13. The van der Waals surface area contributed by atoms with Crippen molar-refractivity contribution < 1.29 is 9.36 Å². The fraction of sp³-hybridized carbons (Fsp3) is 0.200. The molecule has 1 atom stereocenters. The number of rotatable bonds is 5. The number of ketones is 1. The van der Waals surface area contributed by atoms with Crippen molar-refractivity contribution in [2.45, 2.75) is 18.9 Å². The molecule has 2 heterocycles. The maximum absolute atomic E-state index is 12.1. The Balaban J connectivity index is 2.01. The maximum atomic E-state index is 12.1. The highest BCUT2D eigenvalue weighted by molar-refractivity contribution is 5.87. The van der Waals surface area contributed by atoms with Crippen molar-refractivity contribution >= 4 is 5.78 Å². The number of aryl methyl sites for hydroxylation is 1. The third kappa shape index (κ3) is 3.46. The van der Waals surface area contributed by atoms with Crippen LogP contribution in [0.25, 0.3) is 0 Å². The van der Waals surface area contributed by atoms with Gasteiger partial charge in [0.15, 0.2) is 24.7 Å². The van der Waals surface area contributed by atoms with Crippen molar-refractivity contribution in [3.8, 4) is 6.07 Å². The number of carbonyl (C=O) groups is 1. The van der Waals surface area contributed by atoms with Gasteiger partial charge in [-0.05, 0) is 12.1 Å². The number of hydrogen-bond donors (Lipinski definition) is 0. The largest absolute Gasteiger partial charge is 0.298 e. The van der Waals surface area contributed by atoms with Crippen LogP contribution >= 0.6 is 0 Å². The fourth-order valence-electron chi connectivity index (χ4n) is 1.82. The van der Waals surface area contributed by atoms with Crippen molar-refractivity contribution in [1.82, 2.24) is 4.98 Å². The van der Waals surface area contributed by atoms with Crippen molar-refractivity contribution in [2.24, 2.45) is 0 Å². The quantitative estimate of drug-likeness (QED) is 0.760. The van der Waals surface area contributed by atoms with Gasteiger partial charge in [0.2, 0.25) is 0 Å². The van der Waals surface area contributed by atoms with E-state index in [1.165, 1.54) is 0 Å². The molecule has 2 rings (SSSR count). The highest BCUT2D eigenvalue weighted by Gasteiger charge is 2.21. The molecular formula is C15H14N3O+. The van der Waals surface area contributed by atoms with E-state index < -0.39 is 5.92 Å². The van der Waals surface area contributed by atoms with E-state index in [4.69, 9.17) is 5.26 Å². The number of aromatic nitrogens is 2. The fourth-order valence-corrected chi connectivity index (χ4v) is 1.82. The number of carbonyl (C=O) groups excluding carboxylic acids is 1. The standard InChI is InChI=1S/C15H14N3O/c16-12-13(14-6-2-3-8-17-14)15(19)7-11-18-9-4-1-5-10-18/h1-6,8-10,13H,7,11H2/q+1. The van der Waals surface area contributed by atoms with Gasteiger partial charge in [-0.3, -0.25) is 9.78 Å². The van der Waals surface area contributed by atoms with Crippen molar-refractivity contribution in [3.63, 3.8) is 0 Å². The molecule has 2 aromatic rings. The summed E-state index contributed by atoms with van der Waals surface area (Å²) in [6, 6.07) is 13.0. The first-order valence-electron chi connectivity index (χ1n) is 6.08. The molecule has 94 valence electrons. The van der Waals surface area contributed by atoms with Crippen LogP contribution in [0.2, 0.25) is 0 Å². The lowest BCUT2D eigenvalue weighted by molar-refractivity contribution is -0.695. The molecule has 0 fully saturated rings. The SMILES string of the molecule is N#CC(C(=O)CC[n+]1ccccc1)c1ccccn1. The first-order valence-corrected chi connectivity index (χ1v) is 6.08. The van der Waals surface area contributed by atoms with E-state index >= 15 is 0 Å². The van der Waals surface area contributed by atoms with E-state index in [0.29, 0.717) is 18.7 Å². The Labute approximate surface area is 112 Å². The summed E-state index contributed by atoms with van der Waals surface area (Å²) in [5.41, 5.74) is 0.521. The van der Waals surface area contributed by atoms with Crippen LogP contribution in [0.4, 0.5) is 0 Å². The van der Waals surface area contributed by atoms with E-state index in [1.54, 1.807) is 24.4 Å². The summed E-state index contributed by atoms with van der Waals surface area (Å²) < 4.78 is 1.92. The molecule has 0 amide bonds. The zero-order valence-electron chi connectivity index (χ0n) is 10.4. The lowest BCUT2D eigenvalue weighted by Crippen LogP contribution is -2.34. The van der Waals surface area contributed by atoms with Crippen LogP contribution in [0, 0.1) is 11.3 Å². The predicted molar refractivity (Wildman–Crippen MR) is 68.9 cm³/mol. The van der Waals surface area contributed by atoms with E-state index in [-0.39, 0.29) is 5.78 Å². The molecule has 0 aliphatic rings. The minimum absolute atomic E-state index is 0.0995. The maximum Gasteiger partial charge on any atom is 0.168 e. The van der Waals surface area contributed by atoms with Crippen LogP contribution in [-0.2, 0) is 11.3 Å². The van der Waals surface area contributed by atoms with Gasteiger partial charge < -0.3 is 0 Å². The summed E-state index contributed by atoms with van der Waals surface area (Å²) in [4.78, 5) is 16.1. The summed E-state index contributed by atoms with van der Waals surface area (Å²) in [6.45, 7) is 0.574. The Morgan fingerprint density at radius 3 is 2.68 bits per heavy atom. The molecule has 4 heteroatoms. The van der Waals surface area contributed by atoms with Gasteiger partial charge in [-0.1, -0.05) is 12.1 Å². The Bertz CT molecular complexity index is 575. The number of hydrogen-bond acceptors (Lipinski definition) is 3. The zero-order valence-corrected chi connectivity index (χ0v) is 10.4. The molecule has 0 aliphatic heterocycles. The molecule has 0 saturated carbocycles. The van der Waals surface area contributed by atoms with Gasteiger partial charge >= 0.3 is 0 Å². The second-order valence-electron chi connectivity index (χ2n) is 4.15. The molecule has 0 aromatic carbocycles. The molecule has 4 nitrogen and oxygen atoms in total. The first-order chi connectivity index (χ1) is 9.31. The van der Waals surface area contributed by atoms with Gasteiger partial charge in [0.05, 0.1) is 18.2 Å². The normalized spacial score (nSPS) is 11.5. The van der Waals surface area contributed by atoms with Crippen LogP contribution in [0.3, 0.4) is 0 Å². The molecule has 19 heavy (non-hydrogen) atoms. The number of pyridine rings is 2. The molecular weight excluding hydrogens is 238 g/mol. The Hall–Kier alpha value is -2.54. The highest BCUT2D eigenvalue weighted by atomic mass is 16.1. The van der Waals surface area contributed by atoms with Crippen molar-refractivity contribution in [1.29, 1.82) is 5.26 Å². The average molecular weight is 252 g/mol. The lowest BCUT2D eigenvalue weighted by Gasteiger charge is -2.05. The summed E-state index contributed by atoms with van der Waals surface area (Å²) >= 11 is 0. The van der Waals surface area contributed by atoms with Crippen LogP contribution < -0.4 is 4.57 Å². The first kappa shape index (κ1) is 12.9. The van der Waals surface area contributed by atoms with E-state index in [1.807, 2.05) is 41.2 Å². The van der Waals surface area contributed by atoms with Crippen molar-refractivity contribution in [3.05, 3.63) is 60.7 Å². The van der Waals surface area contributed by atoms with E-state index in [0.717, 1.165) is 0 Å². The zero-order chi connectivity index (χ0) is 13.5. The molecule has 0 spiro atoms. The van der Waals surface area contributed by atoms with Crippen molar-refractivity contribution in [2.75, 3.05) is 0 Å². The summed E-state index contributed by atoms with van der Waals surface area (Å²) in [5.74, 6) is -0.872. The average Bonchev–Trinajstić information content (AvgIpc) is 2.48. The number of nitrogens with zero attached hydrogens (tertiary/aromatic N) is 3. The molecule has 1 unspecified atom stereocenters. The van der Waals surface area contributed by atoms with Gasteiger partial charge in [-0.2, -0.15) is 5.26 Å². The molecule has 0 bridgehead atoms. The molecule has 0 radical (unpaired) electrons. The minimum Gasteiger partial charge on any atom is -0.298 e. The van der Waals surface area contributed by atoms with Crippen LogP contribution in [0.5, 0.6) is 0 Å².